The number of rotatable bonds is 7. The molecule has 0 bridgehead atoms. The Kier molecular flexibility index (Phi) is 7.85. The maximum Gasteiger partial charge on any atom is 0.407 e. The molecular formula is C34H34ClN5O2. The lowest BCUT2D eigenvalue weighted by molar-refractivity contribution is 0.120. The average Bonchev–Trinajstić information content (AvgIpc) is 3.29. The molecule has 1 amide bonds. The number of fused-ring (bicyclic) bond motifs is 1. The monoisotopic (exact) mass is 579 g/mol. The van der Waals surface area contributed by atoms with Crippen LogP contribution >= 0.6 is 11.6 Å². The second kappa shape index (κ2) is 11.9. The normalized spacial score (nSPS) is 18.5. The molecule has 2 atom stereocenters. The first-order valence-corrected chi connectivity index (χ1v) is 14.7. The van der Waals surface area contributed by atoms with Crippen molar-refractivity contribution in [2.75, 3.05) is 5.32 Å². The summed E-state index contributed by atoms with van der Waals surface area (Å²) in [5.74, 6) is 0.520. The molecule has 5 aromatic rings. The van der Waals surface area contributed by atoms with Crippen molar-refractivity contribution in [1.82, 2.24) is 19.9 Å². The highest BCUT2D eigenvalue weighted by Crippen LogP contribution is 2.39. The molecule has 2 N–H and O–H groups in total. The molecule has 214 valence electrons. The van der Waals surface area contributed by atoms with Gasteiger partial charge in [0.25, 0.3) is 0 Å². The van der Waals surface area contributed by atoms with Crippen LogP contribution in [-0.4, -0.2) is 32.2 Å². The van der Waals surface area contributed by atoms with E-state index in [1.807, 2.05) is 60.7 Å². The number of carbonyl (C=O) groups is 1. The van der Waals surface area contributed by atoms with Crippen LogP contribution in [0.3, 0.4) is 0 Å². The van der Waals surface area contributed by atoms with Gasteiger partial charge in [0, 0.05) is 33.9 Å². The first-order valence-electron chi connectivity index (χ1n) is 14.3. The number of benzene rings is 3. The quantitative estimate of drug-likeness (QED) is 0.204. The van der Waals surface area contributed by atoms with Crippen molar-refractivity contribution in [3.63, 3.8) is 0 Å². The van der Waals surface area contributed by atoms with Crippen molar-refractivity contribution in [3.05, 3.63) is 107 Å². The minimum Gasteiger partial charge on any atom is -0.445 e. The van der Waals surface area contributed by atoms with Gasteiger partial charge < -0.3 is 19.9 Å². The van der Waals surface area contributed by atoms with Crippen LogP contribution in [0.4, 0.5) is 10.7 Å². The van der Waals surface area contributed by atoms with Crippen LogP contribution in [0.1, 0.15) is 43.9 Å². The van der Waals surface area contributed by atoms with Gasteiger partial charge in [0.15, 0.2) is 0 Å². The van der Waals surface area contributed by atoms with Crippen molar-refractivity contribution in [2.24, 2.45) is 0 Å². The number of para-hydroxylation sites is 2. The van der Waals surface area contributed by atoms with Crippen LogP contribution in [0.15, 0.2) is 91.1 Å². The fraction of sp³-hybridized carbons (Fsp3) is 0.265. The maximum absolute atomic E-state index is 12.6. The first kappa shape index (κ1) is 27.8. The molecule has 0 aliphatic heterocycles. The molecule has 1 saturated carbocycles. The maximum atomic E-state index is 12.6. The molecule has 0 radical (unpaired) electrons. The number of hydrogen-bond donors (Lipinski definition) is 2. The van der Waals surface area contributed by atoms with E-state index in [0.717, 1.165) is 59.1 Å². The van der Waals surface area contributed by atoms with E-state index in [1.54, 1.807) is 6.20 Å². The van der Waals surface area contributed by atoms with Crippen LogP contribution in [0.5, 0.6) is 0 Å². The third kappa shape index (κ3) is 5.83. The second-order valence-electron chi connectivity index (χ2n) is 11.2. The number of aromatic nitrogens is 3. The molecule has 1 aliphatic carbocycles. The summed E-state index contributed by atoms with van der Waals surface area (Å²) in [5, 5.41) is 8.21. The van der Waals surface area contributed by atoms with E-state index in [9.17, 15) is 4.79 Å². The van der Waals surface area contributed by atoms with Crippen LogP contribution in [-0.2, 0) is 11.3 Å². The summed E-state index contributed by atoms with van der Waals surface area (Å²) >= 11 is 6.75. The van der Waals surface area contributed by atoms with E-state index >= 15 is 0 Å². The Balaban J connectivity index is 1.22. The molecular weight excluding hydrogens is 546 g/mol. The molecule has 7 nitrogen and oxygen atoms in total. The van der Waals surface area contributed by atoms with E-state index in [4.69, 9.17) is 21.3 Å². The standard InChI is InChI=1S/C34H34ClN5O2/c1-23-30(27-17-9-10-18-29(27)40(23)26-15-7-4-8-16-26)31-28(35)21-36-32(38-31)37-25-14-11-19-34(2,20-25)39-33(41)42-22-24-12-5-3-6-13-24/h3-10,12-13,15-18,21,25H,11,14,19-20,22H2,1-2H3,(H,39,41)(H,36,37,38)/t25-,34+/m1/s1. The second-order valence-corrected chi connectivity index (χ2v) is 11.6. The molecule has 1 aliphatic rings. The van der Waals surface area contributed by atoms with Gasteiger partial charge in [-0.3, -0.25) is 0 Å². The molecule has 1 fully saturated rings. The van der Waals surface area contributed by atoms with Crippen LogP contribution in [0, 0.1) is 6.92 Å². The summed E-state index contributed by atoms with van der Waals surface area (Å²) in [7, 11) is 0. The van der Waals surface area contributed by atoms with E-state index < -0.39 is 11.6 Å². The van der Waals surface area contributed by atoms with Gasteiger partial charge in [-0.15, -0.1) is 0 Å². The topological polar surface area (TPSA) is 81.1 Å². The number of alkyl carbamates (subject to hydrolysis) is 1. The highest BCUT2D eigenvalue weighted by atomic mass is 35.5. The number of nitrogens with zero attached hydrogens (tertiary/aromatic N) is 3. The van der Waals surface area contributed by atoms with Gasteiger partial charge in [0.2, 0.25) is 5.95 Å². The lowest BCUT2D eigenvalue weighted by Gasteiger charge is -2.38. The largest absolute Gasteiger partial charge is 0.445 e. The number of halogens is 1. The Morgan fingerprint density at radius 3 is 2.55 bits per heavy atom. The lowest BCUT2D eigenvalue weighted by atomic mass is 9.80. The summed E-state index contributed by atoms with van der Waals surface area (Å²) in [4.78, 5) is 22.1. The number of nitrogens with one attached hydrogen (secondary N) is 2. The van der Waals surface area contributed by atoms with Gasteiger partial charge in [-0.05, 0) is 63.3 Å². The number of amides is 1. The zero-order chi connectivity index (χ0) is 29.1. The highest BCUT2D eigenvalue weighted by Gasteiger charge is 2.34. The zero-order valence-electron chi connectivity index (χ0n) is 23.8. The van der Waals surface area contributed by atoms with Crippen molar-refractivity contribution >= 4 is 34.5 Å². The molecule has 2 heterocycles. The van der Waals surface area contributed by atoms with Crippen molar-refractivity contribution in [1.29, 1.82) is 0 Å². The Labute approximate surface area is 250 Å². The Morgan fingerprint density at radius 2 is 1.76 bits per heavy atom. The zero-order valence-corrected chi connectivity index (χ0v) is 24.6. The Bertz CT molecular complexity index is 1710. The van der Waals surface area contributed by atoms with Crippen molar-refractivity contribution in [3.8, 4) is 16.9 Å². The molecule has 0 saturated heterocycles. The molecule has 42 heavy (non-hydrogen) atoms. The molecule has 0 unspecified atom stereocenters. The number of carbonyl (C=O) groups excluding carboxylic acids is 1. The van der Waals surface area contributed by atoms with Gasteiger partial charge in [-0.25, -0.2) is 14.8 Å². The number of ether oxygens (including phenoxy) is 1. The minimum absolute atomic E-state index is 0.0824. The molecule has 3 aromatic carbocycles. The molecule has 0 spiro atoms. The first-order chi connectivity index (χ1) is 20.4. The predicted octanol–water partition coefficient (Wildman–Crippen LogP) is 8.09. The lowest BCUT2D eigenvalue weighted by Crippen LogP contribution is -2.51. The summed E-state index contributed by atoms with van der Waals surface area (Å²) in [6.07, 6.45) is 4.76. The predicted molar refractivity (Wildman–Crippen MR) is 168 cm³/mol. The van der Waals surface area contributed by atoms with Gasteiger partial charge in [-0.1, -0.05) is 78.3 Å². The third-order valence-corrected chi connectivity index (χ3v) is 8.31. The summed E-state index contributed by atoms with van der Waals surface area (Å²) < 4.78 is 7.74. The summed E-state index contributed by atoms with van der Waals surface area (Å²) in [6, 6.07) is 28.4. The van der Waals surface area contributed by atoms with Crippen LogP contribution < -0.4 is 10.6 Å². The van der Waals surface area contributed by atoms with E-state index in [0.29, 0.717) is 16.7 Å². The average molecular weight is 580 g/mol. The molecule has 8 heteroatoms. The fourth-order valence-electron chi connectivity index (χ4n) is 6.10. The van der Waals surface area contributed by atoms with Crippen LogP contribution in [0.25, 0.3) is 27.8 Å². The number of hydrogen-bond acceptors (Lipinski definition) is 5. The number of anilines is 1. The smallest absolute Gasteiger partial charge is 0.407 e. The van der Waals surface area contributed by atoms with E-state index in [-0.39, 0.29) is 12.6 Å². The van der Waals surface area contributed by atoms with Gasteiger partial charge >= 0.3 is 6.09 Å². The minimum atomic E-state index is -0.405. The van der Waals surface area contributed by atoms with E-state index in [2.05, 4.69) is 58.3 Å². The molecule has 6 rings (SSSR count). The Morgan fingerprint density at radius 1 is 1.05 bits per heavy atom. The van der Waals surface area contributed by atoms with Gasteiger partial charge in [0.1, 0.15) is 6.61 Å². The van der Waals surface area contributed by atoms with Crippen molar-refractivity contribution < 1.29 is 9.53 Å². The summed E-state index contributed by atoms with van der Waals surface area (Å²) in [6.45, 7) is 4.41. The van der Waals surface area contributed by atoms with Crippen molar-refractivity contribution in [2.45, 2.75) is 57.7 Å². The SMILES string of the molecule is Cc1c(-c2nc(N[C@@H]3CCC[C@](C)(NC(=O)OCc4ccccc4)C3)ncc2Cl)c2ccccc2n1-c1ccccc1. The van der Waals surface area contributed by atoms with E-state index in [1.165, 1.54) is 0 Å². The highest BCUT2D eigenvalue weighted by molar-refractivity contribution is 6.33. The van der Waals surface area contributed by atoms with Crippen LogP contribution in [0.2, 0.25) is 5.02 Å². The summed E-state index contributed by atoms with van der Waals surface area (Å²) in [5.41, 5.74) is 5.46. The Hall–Kier alpha value is -4.36. The third-order valence-electron chi connectivity index (χ3n) is 8.03. The molecule has 2 aromatic heterocycles. The van der Waals surface area contributed by atoms with Gasteiger partial charge in [0.05, 0.1) is 22.4 Å². The fourth-order valence-corrected chi connectivity index (χ4v) is 6.29. The van der Waals surface area contributed by atoms with Gasteiger partial charge in [-0.2, -0.15) is 0 Å².